The summed E-state index contributed by atoms with van der Waals surface area (Å²) in [5.74, 6) is -1.53. The van der Waals surface area contributed by atoms with Crippen LogP contribution in [-0.4, -0.2) is 33.1 Å². The van der Waals surface area contributed by atoms with E-state index in [4.69, 9.17) is 5.11 Å². The number of aromatic nitrogens is 2. The minimum atomic E-state index is -0.957. The number of hydrogen-bond donors (Lipinski definition) is 2. The van der Waals surface area contributed by atoms with Crippen LogP contribution in [0.25, 0.3) is 0 Å². The molecule has 2 unspecified atom stereocenters. The molecule has 6 nitrogen and oxygen atoms in total. The molecule has 2 N–H and O–H groups in total. The highest BCUT2D eigenvalue weighted by atomic mass is 16.4. The zero-order chi connectivity index (χ0) is 13.7. The highest BCUT2D eigenvalue weighted by Crippen LogP contribution is 2.10. The molecule has 2 atom stereocenters. The zero-order valence-corrected chi connectivity index (χ0v) is 10.9. The van der Waals surface area contributed by atoms with Gasteiger partial charge in [0.15, 0.2) is 0 Å². The number of hydrogen-bond acceptors (Lipinski definition) is 3. The maximum atomic E-state index is 11.7. The Kier molecular flexibility index (Phi) is 4.88. The first-order valence-corrected chi connectivity index (χ1v) is 5.90. The number of nitrogens with one attached hydrogen (secondary N) is 1. The number of rotatable bonds is 6. The van der Waals surface area contributed by atoms with Crippen molar-refractivity contribution in [1.29, 1.82) is 0 Å². The van der Waals surface area contributed by atoms with Gasteiger partial charge < -0.3 is 15.0 Å². The molecule has 0 aliphatic rings. The van der Waals surface area contributed by atoms with Crippen molar-refractivity contribution in [3.8, 4) is 0 Å². The Hall–Kier alpha value is -1.85. The van der Waals surface area contributed by atoms with Crippen molar-refractivity contribution in [2.75, 3.05) is 6.54 Å². The number of imidazole rings is 1. The van der Waals surface area contributed by atoms with Crippen LogP contribution in [0.4, 0.5) is 0 Å². The van der Waals surface area contributed by atoms with Gasteiger partial charge in [-0.05, 0) is 0 Å². The summed E-state index contributed by atoms with van der Waals surface area (Å²) in [6.07, 6.45) is 4.17. The van der Waals surface area contributed by atoms with E-state index in [1.165, 1.54) is 6.92 Å². The maximum absolute atomic E-state index is 11.7. The second kappa shape index (κ2) is 6.18. The van der Waals surface area contributed by atoms with Gasteiger partial charge in [-0.1, -0.05) is 13.8 Å². The van der Waals surface area contributed by atoms with E-state index in [1.807, 2.05) is 17.8 Å². The van der Waals surface area contributed by atoms with Crippen LogP contribution in [0.5, 0.6) is 0 Å². The lowest BCUT2D eigenvalue weighted by atomic mass is 9.95. The molecule has 0 aliphatic heterocycles. The monoisotopic (exact) mass is 253 g/mol. The van der Waals surface area contributed by atoms with Crippen LogP contribution < -0.4 is 5.32 Å². The minimum Gasteiger partial charge on any atom is -0.481 e. The Morgan fingerprint density at radius 1 is 1.44 bits per heavy atom. The van der Waals surface area contributed by atoms with Crippen molar-refractivity contribution in [3.05, 3.63) is 18.2 Å². The summed E-state index contributed by atoms with van der Waals surface area (Å²) in [6, 6.07) is 0. The molecule has 100 valence electrons. The molecule has 1 rings (SSSR count). The van der Waals surface area contributed by atoms with Crippen LogP contribution in [0.15, 0.2) is 12.4 Å². The van der Waals surface area contributed by atoms with Gasteiger partial charge in [0, 0.05) is 38.3 Å². The summed E-state index contributed by atoms with van der Waals surface area (Å²) in [4.78, 5) is 26.6. The normalized spacial score (nSPS) is 13.9. The molecule has 0 aliphatic carbocycles. The van der Waals surface area contributed by atoms with E-state index in [9.17, 15) is 9.59 Å². The molecule has 0 radical (unpaired) electrons. The smallest absolute Gasteiger partial charge is 0.307 e. The Balaban J connectivity index is 2.38. The first kappa shape index (κ1) is 14.2. The van der Waals surface area contributed by atoms with E-state index in [2.05, 4.69) is 10.3 Å². The Labute approximate surface area is 106 Å². The molecule has 1 aromatic rings. The molecular formula is C12H19N3O3. The van der Waals surface area contributed by atoms with Gasteiger partial charge in [0.05, 0.1) is 5.92 Å². The number of aryl methyl sites for hydroxylation is 1. The van der Waals surface area contributed by atoms with Crippen molar-refractivity contribution in [1.82, 2.24) is 14.9 Å². The van der Waals surface area contributed by atoms with Gasteiger partial charge in [-0.25, -0.2) is 4.98 Å². The van der Waals surface area contributed by atoms with Crippen molar-refractivity contribution >= 4 is 11.9 Å². The quantitative estimate of drug-likeness (QED) is 0.770. The number of carbonyl (C=O) groups excluding carboxylic acids is 1. The third-order valence-corrected chi connectivity index (χ3v) is 3.12. The van der Waals surface area contributed by atoms with E-state index >= 15 is 0 Å². The molecule has 6 heteroatoms. The summed E-state index contributed by atoms with van der Waals surface area (Å²) >= 11 is 0. The lowest BCUT2D eigenvalue weighted by Crippen LogP contribution is -2.36. The largest absolute Gasteiger partial charge is 0.481 e. The number of carboxylic acids is 1. The van der Waals surface area contributed by atoms with E-state index < -0.39 is 17.8 Å². The third-order valence-electron chi connectivity index (χ3n) is 3.12. The summed E-state index contributed by atoms with van der Waals surface area (Å²) in [5, 5.41) is 11.5. The SMILES string of the molecule is CC(C(=O)O)C(C)C(=O)NCCc1nccn1C. The van der Waals surface area contributed by atoms with Gasteiger partial charge in [0.1, 0.15) is 5.82 Å². The average Bonchev–Trinajstić information content (AvgIpc) is 2.73. The first-order chi connectivity index (χ1) is 8.43. The van der Waals surface area contributed by atoms with Gasteiger partial charge in [-0.2, -0.15) is 0 Å². The second-order valence-electron chi connectivity index (χ2n) is 4.41. The number of nitrogens with zero attached hydrogens (tertiary/aromatic N) is 2. The summed E-state index contributed by atoms with van der Waals surface area (Å²) in [7, 11) is 1.89. The Morgan fingerprint density at radius 2 is 2.11 bits per heavy atom. The third kappa shape index (κ3) is 3.58. The zero-order valence-electron chi connectivity index (χ0n) is 10.9. The van der Waals surface area contributed by atoms with Crippen molar-refractivity contribution in [2.24, 2.45) is 18.9 Å². The highest BCUT2D eigenvalue weighted by molar-refractivity contribution is 5.84. The molecule has 0 saturated heterocycles. The highest BCUT2D eigenvalue weighted by Gasteiger charge is 2.25. The first-order valence-electron chi connectivity index (χ1n) is 5.90. The number of carbonyl (C=O) groups is 2. The van der Waals surface area contributed by atoms with E-state index in [1.54, 1.807) is 13.1 Å². The molecule has 0 bridgehead atoms. The number of amides is 1. The van der Waals surface area contributed by atoms with Crippen LogP contribution in [0.3, 0.4) is 0 Å². The predicted molar refractivity (Wildman–Crippen MR) is 65.9 cm³/mol. The molecule has 0 spiro atoms. The van der Waals surface area contributed by atoms with Crippen molar-refractivity contribution in [3.63, 3.8) is 0 Å². The van der Waals surface area contributed by atoms with Crippen molar-refractivity contribution in [2.45, 2.75) is 20.3 Å². The molecule has 1 heterocycles. The van der Waals surface area contributed by atoms with E-state index in [0.29, 0.717) is 13.0 Å². The fraction of sp³-hybridized carbons (Fsp3) is 0.583. The fourth-order valence-corrected chi connectivity index (χ4v) is 1.54. The average molecular weight is 253 g/mol. The number of aliphatic carboxylic acids is 1. The van der Waals surface area contributed by atoms with Crippen LogP contribution >= 0.6 is 0 Å². The fourth-order valence-electron chi connectivity index (χ4n) is 1.54. The van der Waals surface area contributed by atoms with Gasteiger partial charge in [-0.3, -0.25) is 9.59 Å². The summed E-state index contributed by atoms with van der Waals surface area (Å²) in [5.41, 5.74) is 0. The molecule has 0 fully saturated rings. The van der Waals surface area contributed by atoms with Gasteiger partial charge >= 0.3 is 5.97 Å². The van der Waals surface area contributed by atoms with Gasteiger partial charge in [-0.15, -0.1) is 0 Å². The number of carboxylic acid groups (broad SMARTS) is 1. The summed E-state index contributed by atoms with van der Waals surface area (Å²) in [6.45, 7) is 3.61. The molecule has 0 aromatic carbocycles. The lowest BCUT2D eigenvalue weighted by Gasteiger charge is -2.15. The minimum absolute atomic E-state index is 0.237. The molecule has 0 saturated carbocycles. The van der Waals surface area contributed by atoms with Crippen molar-refractivity contribution < 1.29 is 14.7 Å². The van der Waals surface area contributed by atoms with Crippen LogP contribution in [-0.2, 0) is 23.1 Å². The van der Waals surface area contributed by atoms with E-state index in [0.717, 1.165) is 5.82 Å². The van der Waals surface area contributed by atoms with Crippen LogP contribution in [0.2, 0.25) is 0 Å². The Morgan fingerprint density at radius 3 is 2.61 bits per heavy atom. The molecule has 1 amide bonds. The maximum Gasteiger partial charge on any atom is 0.307 e. The van der Waals surface area contributed by atoms with E-state index in [-0.39, 0.29) is 5.91 Å². The standard InChI is InChI=1S/C12H19N3O3/c1-8(9(2)12(17)18)11(16)14-5-4-10-13-6-7-15(10)3/h6-9H,4-5H2,1-3H3,(H,14,16)(H,17,18). The molecular weight excluding hydrogens is 234 g/mol. The molecule has 18 heavy (non-hydrogen) atoms. The topological polar surface area (TPSA) is 84.2 Å². The lowest BCUT2D eigenvalue weighted by molar-refractivity contribution is -0.146. The van der Waals surface area contributed by atoms with Gasteiger partial charge in [0.25, 0.3) is 0 Å². The second-order valence-corrected chi connectivity index (χ2v) is 4.41. The van der Waals surface area contributed by atoms with Crippen LogP contribution in [0.1, 0.15) is 19.7 Å². The predicted octanol–water partition coefficient (Wildman–Crippen LogP) is 0.436. The van der Waals surface area contributed by atoms with Gasteiger partial charge in [0.2, 0.25) is 5.91 Å². The molecule has 1 aromatic heterocycles. The summed E-state index contributed by atoms with van der Waals surface area (Å²) < 4.78 is 1.88. The Bertz CT molecular complexity index is 428. The van der Waals surface area contributed by atoms with Crippen LogP contribution in [0, 0.1) is 11.8 Å².